The van der Waals surface area contributed by atoms with Crippen molar-refractivity contribution in [3.8, 4) is 0 Å². The van der Waals surface area contributed by atoms with Crippen molar-refractivity contribution in [2.75, 3.05) is 20.2 Å². The van der Waals surface area contributed by atoms with Gasteiger partial charge in [0.1, 0.15) is 0 Å². The second kappa shape index (κ2) is 7.36. The predicted molar refractivity (Wildman–Crippen MR) is 73.1 cm³/mol. The van der Waals surface area contributed by atoms with E-state index in [1.807, 2.05) is 24.3 Å². The summed E-state index contributed by atoms with van der Waals surface area (Å²) in [5, 5.41) is 6.25. The Morgan fingerprint density at radius 3 is 3.06 bits per heavy atom. The Labute approximate surface area is 114 Å². The van der Waals surface area contributed by atoms with Crippen LogP contribution in [0.25, 0.3) is 0 Å². The molecular formula is C13H19ClN2O2. The number of carbonyl (C=O) groups is 1. The Kier molecular flexibility index (Phi) is 6.12. The number of hydrogen-bond donors (Lipinski definition) is 2. The van der Waals surface area contributed by atoms with Gasteiger partial charge < -0.3 is 15.4 Å². The van der Waals surface area contributed by atoms with E-state index in [-0.39, 0.29) is 24.4 Å². The van der Waals surface area contributed by atoms with E-state index < -0.39 is 0 Å². The second-order valence-electron chi connectivity index (χ2n) is 4.30. The SMILES string of the molecule is COCc1cccc(C(=O)NC2CCNC2)c1.Cl. The maximum atomic E-state index is 12.0. The third-order valence-electron chi connectivity index (χ3n) is 2.90. The van der Waals surface area contributed by atoms with Gasteiger partial charge in [0.05, 0.1) is 6.61 Å². The van der Waals surface area contributed by atoms with E-state index in [1.54, 1.807) is 7.11 Å². The van der Waals surface area contributed by atoms with Gasteiger partial charge in [0, 0.05) is 25.3 Å². The molecule has 1 aliphatic heterocycles. The first-order chi connectivity index (χ1) is 8.29. The standard InChI is InChI=1S/C13H18N2O2.ClH/c1-17-9-10-3-2-4-11(7-10)13(16)15-12-5-6-14-8-12;/h2-4,7,12,14H,5-6,8-9H2,1H3,(H,15,16);1H. The number of nitrogens with one attached hydrogen (secondary N) is 2. The van der Waals surface area contributed by atoms with Gasteiger partial charge in [-0.25, -0.2) is 0 Å². The van der Waals surface area contributed by atoms with Gasteiger partial charge in [0.2, 0.25) is 0 Å². The van der Waals surface area contributed by atoms with Gasteiger partial charge in [-0.3, -0.25) is 4.79 Å². The lowest BCUT2D eigenvalue weighted by atomic mass is 10.1. The number of halogens is 1. The molecular weight excluding hydrogens is 252 g/mol. The Morgan fingerprint density at radius 1 is 1.56 bits per heavy atom. The highest BCUT2D eigenvalue weighted by Crippen LogP contribution is 2.07. The first-order valence-electron chi connectivity index (χ1n) is 5.89. The molecule has 4 nitrogen and oxygen atoms in total. The van der Waals surface area contributed by atoms with Gasteiger partial charge in [-0.15, -0.1) is 12.4 Å². The summed E-state index contributed by atoms with van der Waals surface area (Å²) in [6.45, 7) is 2.38. The number of hydrogen-bond acceptors (Lipinski definition) is 3. The van der Waals surface area contributed by atoms with Gasteiger partial charge in [-0.2, -0.15) is 0 Å². The van der Waals surface area contributed by atoms with Crippen LogP contribution < -0.4 is 10.6 Å². The quantitative estimate of drug-likeness (QED) is 0.868. The molecule has 1 aromatic carbocycles. The van der Waals surface area contributed by atoms with Crippen molar-refractivity contribution in [2.24, 2.45) is 0 Å². The van der Waals surface area contributed by atoms with Crippen LogP contribution in [0, 0.1) is 0 Å². The second-order valence-corrected chi connectivity index (χ2v) is 4.30. The van der Waals surface area contributed by atoms with Crippen molar-refractivity contribution in [2.45, 2.75) is 19.1 Å². The molecule has 2 N–H and O–H groups in total. The third kappa shape index (κ3) is 3.98. The van der Waals surface area contributed by atoms with E-state index in [2.05, 4.69) is 10.6 Å². The average molecular weight is 271 g/mol. The lowest BCUT2D eigenvalue weighted by Crippen LogP contribution is -2.36. The van der Waals surface area contributed by atoms with Crippen molar-refractivity contribution in [1.29, 1.82) is 0 Å². The number of rotatable bonds is 4. The van der Waals surface area contributed by atoms with Crippen molar-refractivity contribution in [3.63, 3.8) is 0 Å². The van der Waals surface area contributed by atoms with Gasteiger partial charge in [0.25, 0.3) is 5.91 Å². The van der Waals surface area contributed by atoms with Crippen LogP contribution in [0.2, 0.25) is 0 Å². The lowest BCUT2D eigenvalue weighted by molar-refractivity contribution is 0.0939. The highest BCUT2D eigenvalue weighted by Gasteiger charge is 2.17. The molecule has 1 heterocycles. The number of ether oxygens (including phenoxy) is 1. The highest BCUT2D eigenvalue weighted by molar-refractivity contribution is 5.94. The van der Waals surface area contributed by atoms with Crippen LogP contribution in [-0.4, -0.2) is 32.1 Å². The zero-order valence-electron chi connectivity index (χ0n) is 10.4. The average Bonchev–Trinajstić information content (AvgIpc) is 2.83. The van der Waals surface area contributed by atoms with E-state index in [0.717, 1.165) is 25.1 Å². The monoisotopic (exact) mass is 270 g/mol. The molecule has 0 spiro atoms. The first kappa shape index (κ1) is 15.0. The molecule has 18 heavy (non-hydrogen) atoms. The van der Waals surface area contributed by atoms with Gasteiger partial charge in [-0.05, 0) is 30.7 Å². The zero-order chi connectivity index (χ0) is 12.1. The molecule has 0 bridgehead atoms. The van der Waals surface area contributed by atoms with Crippen molar-refractivity contribution in [3.05, 3.63) is 35.4 Å². The number of benzene rings is 1. The maximum Gasteiger partial charge on any atom is 0.251 e. The van der Waals surface area contributed by atoms with Gasteiger partial charge >= 0.3 is 0 Å². The smallest absolute Gasteiger partial charge is 0.251 e. The van der Waals surface area contributed by atoms with Crippen LogP contribution >= 0.6 is 12.4 Å². The molecule has 2 rings (SSSR count). The summed E-state index contributed by atoms with van der Waals surface area (Å²) in [6.07, 6.45) is 1.00. The molecule has 100 valence electrons. The summed E-state index contributed by atoms with van der Waals surface area (Å²) in [7, 11) is 1.65. The minimum Gasteiger partial charge on any atom is -0.380 e. The molecule has 1 atom stereocenters. The summed E-state index contributed by atoms with van der Waals surface area (Å²) in [5.74, 6) is -0.00310. The van der Waals surface area contributed by atoms with E-state index in [9.17, 15) is 4.79 Å². The summed E-state index contributed by atoms with van der Waals surface area (Å²) < 4.78 is 5.05. The molecule has 5 heteroatoms. The predicted octanol–water partition coefficient (Wildman–Crippen LogP) is 1.35. The Hall–Kier alpha value is -1.10. The van der Waals surface area contributed by atoms with E-state index in [0.29, 0.717) is 12.2 Å². The van der Waals surface area contributed by atoms with Crippen LogP contribution in [0.4, 0.5) is 0 Å². The van der Waals surface area contributed by atoms with E-state index >= 15 is 0 Å². The van der Waals surface area contributed by atoms with E-state index in [4.69, 9.17) is 4.74 Å². The van der Waals surface area contributed by atoms with Crippen molar-refractivity contribution < 1.29 is 9.53 Å². The molecule has 1 aliphatic rings. The fraction of sp³-hybridized carbons (Fsp3) is 0.462. The molecule has 1 saturated heterocycles. The molecule has 0 aliphatic carbocycles. The minimum atomic E-state index is -0.00310. The topological polar surface area (TPSA) is 50.4 Å². The highest BCUT2D eigenvalue weighted by atomic mass is 35.5. The molecule has 0 saturated carbocycles. The zero-order valence-corrected chi connectivity index (χ0v) is 11.3. The molecule has 1 amide bonds. The summed E-state index contributed by atoms with van der Waals surface area (Å²) in [5.41, 5.74) is 1.72. The fourth-order valence-electron chi connectivity index (χ4n) is 2.02. The van der Waals surface area contributed by atoms with Crippen LogP contribution in [0.1, 0.15) is 22.3 Å². The van der Waals surface area contributed by atoms with E-state index in [1.165, 1.54) is 0 Å². The molecule has 1 unspecified atom stereocenters. The maximum absolute atomic E-state index is 12.0. The summed E-state index contributed by atoms with van der Waals surface area (Å²) >= 11 is 0. The molecule has 1 aromatic rings. The lowest BCUT2D eigenvalue weighted by Gasteiger charge is -2.11. The third-order valence-corrected chi connectivity index (χ3v) is 2.90. The fourth-order valence-corrected chi connectivity index (χ4v) is 2.02. The Morgan fingerprint density at radius 2 is 2.39 bits per heavy atom. The normalized spacial score (nSPS) is 18.2. The molecule has 0 radical (unpaired) electrons. The van der Waals surface area contributed by atoms with Crippen molar-refractivity contribution in [1.82, 2.24) is 10.6 Å². The molecule has 0 aromatic heterocycles. The van der Waals surface area contributed by atoms with Crippen LogP contribution in [-0.2, 0) is 11.3 Å². The Balaban J connectivity index is 0.00000162. The van der Waals surface area contributed by atoms with Crippen LogP contribution in [0.5, 0.6) is 0 Å². The largest absolute Gasteiger partial charge is 0.380 e. The van der Waals surface area contributed by atoms with Gasteiger partial charge in [0.15, 0.2) is 0 Å². The Bertz CT molecular complexity index is 392. The van der Waals surface area contributed by atoms with Gasteiger partial charge in [-0.1, -0.05) is 12.1 Å². The minimum absolute atomic E-state index is 0. The van der Waals surface area contributed by atoms with Crippen LogP contribution in [0.3, 0.4) is 0 Å². The summed E-state index contributed by atoms with van der Waals surface area (Å²) in [6, 6.07) is 7.81. The van der Waals surface area contributed by atoms with Crippen LogP contribution in [0.15, 0.2) is 24.3 Å². The number of methoxy groups -OCH3 is 1. The molecule has 1 fully saturated rings. The first-order valence-corrected chi connectivity index (χ1v) is 5.89. The van der Waals surface area contributed by atoms with Crippen molar-refractivity contribution >= 4 is 18.3 Å². The summed E-state index contributed by atoms with van der Waals surface area (Å²) in [4.78, 5) is 12.0. The number of carbonyl (C=O) groups excluding carboxylic acids is 1. The number of amides is 1.